The average molecular weight is 255 g/mol. The van der Waals surface area contributed by atoms with Crippen LogP contribution >= 0.6 is 0 Å². The number of amides is 1. The minimum atomic E-state index is 0.0221. The first-order valence-corrected chi connectivity index (χ1v) is 7.00. The van der Waals surface area contributed by atoms with Gasteiger partial charge in [-0.15, -0.1) is 0 Å². The van der Waals surface area contributed by atoms with Gasteiger partial charge in [-0.1, -0.05) is 26.7 Å². The van der Waals surface area contributed by atoms with Gasteiger partial charge in [0.25, 0.3) is 0 Å². The van der Waals surface area contributed by atoms with E-state index in [1.165, 1.54) is 0 Å². The minimum absolute atomic E-state index is 0.0221. The predicted octanol–water partition coefficient (Wildman–Crippen LogP) is 1.21. The summed E-state index contributed by atoms with van der Waals surface area (Å²) in [5, 5.41) is 3.08. The van der Waals surface area contributed by atoms with Crippen LogP contribution in [0.5, 0.6) is 0 Å². The third-order valence-corrected chi connectivity index (χ3v) is 3.64. The van der Waals surface area contributed by atoms with E-state index in [0.717, 1.165) is 32.2 Å². The van der Waals surface area contributed by atoms with Crippen LogP contribution in [0.25, 0.3) is 0 Å². The van der Waals surface area contributed by atoms with Crippen molar-refractivity contribution in [2.45, 2.75) is 45.6 Å². The Bertz CT molecular complexity index is 276. The van der Waals surface area contributed by atoms with Crippen LogP contribution in [0, 0.1) is 11.3 Å². The fraction of sp³-hybridized carbons (Fsp3) is 0.929. The molecule has 0 spiro atoms. The van der Waals surface area contributed by atoms with Gasteiger partial charge in [0.1, 0.15) is 0 Å². The molecule has 1 fully saturated rings. The number of carbonyl (C=O) groups is 1. The number of hydrogen-bond donors (Lipinski definition) is 2. The Morgan fingerprint density at radius 3 is 2.50 bits per heavy atom. The lowest BCUT2D eigenvalue weighted by Crippen LogP contribution is -2.47. The predicted molar refractivity (Wildman–Crippen MR) is 75.3 cm³/mol. The van der Waals surface area contributed by atoms with Gasteiger partial charge in [0, 0.05) is 19.1 Å². The third kappa shape index (κ3) is 4.94. The lowest BCUT2D eigenvalue weighted by Gasteiger charge is -2.31. The second kappa shape index (κ2) is 6.53. The summed E-state index contributed by atoms with van der Waals surface area (Å²) in [6.45, 7) is 6.03. The van der Waals surface area contributed by atoms with E-state index in [2.05, 4.69) is 38.2 Å². The van der Waals surface area contributed by atoms with Crippen LogP contribution < -0.4 is 11.1 Å². The summed E-state index contributed by atoms with van der Waals surface area (Å²) in [6, 6.07) is 0.0516. The van der Waals surface area contributed by atoms with Crippen molar-refractivity contribution in [3.8, 4) is 0 Å². The van der Waals surface area contributed by atoms with E-state index >= 15 is 0 Å². The molecular weight excluding hydrogens is 226 g/mol. The zero-order chi connectivity index (χ0) is 13.8. The first-order valence-electron chi connectivity index (χ1n) is 7.00. The fourth-order valence-corrected chi connectivity index (χ4v) is 2.85. The summed E-state index contributed by atoms with van der Waals surface area (Å²) in [4.78, 5) is 14.3. The Labute approximate surface area is 111 Å². The van der Waals surface area contributed by atoms with Crippen molar-refractivity contribution in [1.29, 1.82) is 0 Å². The van der Waals surface area contributed by atoms with E-state index in [-0.39, 0.29) is 23.3 Å². The molecule has 1 rings (SSSR count). The first kappa shape index (κ1) is 15.4. The van der Waals surface area contributed by atoms with Crippen LogP contribution in [0.1, 0.15) is 39.5 Å². The van der Waals surface area contributed by atoms with Crippen molar-refractivity contribution in [3.05, 3.63) is 0 Å². The van der Waals surface area contributed by atoms with Crippen molar-refractivity contribution in [2.75, 3.05) is 27.2 Å². The van der Waals surface area contributed by atoms with Crippen molar-refractivity contribution in [3.63, 3.8) is 0 Å². The van der Waals surface area contributed by atoms with Gasteiger partial charge in [-0.25, -0.2) is 0 Å². The van der Waals surface area contributed by atoms with E-state index in [0.29, 0.717) is 6.54 Å². The molecule has 1 aliphatic carbocycles. The molecule has 106 valence electrons. The Morgan fingerprint density at radius 1 is 1.33 bits per heavy atom. The van der Waals surface area contributed by atoms with E-state index < -0.39 is 0 Å². The number of carbonyl (C=O) groups excluding carboxylic acids is 1. The maximum atomic E-state index is 12.1. The molecule has 18 heavy (non-hydrogen) atoms. The van der Waals surface area contributed by atoms with Gasteiger partial charge >= 0.3 is 0 Å². The standard InChI is InChI=1S/C14H29N3O/c1-14(2,10-17(3)4)9-16-13(18)11-7-5-6-8-12(11)15/h11-12H,5-10,15H2,1-4H3,(H,16,18). The summed E-state index contributed by atoms with van der Waals surface area (Å²) in [6.07, 6.45) is 4.23. The molecule has 0 saturated heterocycles. The molecule has 1 saturated carbocycles. The van der Waals surface area contributed by atoms with Crippen molar-refractivity contribution < 1.29 is 4.79 Å². The molecule has 1 amide bonds. The van der Waals surface area contributed by atoms with Crippen LogP contribution in [0.2, 0.25) is 0 Å². The third-order valence-electron chi connectivity index (χ3n) is 3.64. The van der Waals surface area contributed by atoms with Gasteiger partial charge in [0.15, 0.2) is 0 Å². The maximum Gasteiger partial charge on any atom is 0.224 e. The second-order valence-electron chi connectivity index (χ2n) is 6.67. The van der Waals surface area contributed by atoms with E-state index in [1.807, 2.05) is 0 Å². The van der Waals surface area contributed by atoms with Gasteiger partial charge < -0.3 is 16.0 Å². The lowest BCUT2D eigenvalue weighted by atomic mass is 9.84. The second-order valence-corrected chi connectivity index (χ2v) is 6.67. The number of nitrogens with one attached hydrogen (secondary N) is 1. The van der Waals surface area contributed by atoms with Gasteiger partial charge in [0.05, 0.1) is 5.92 Å². The molecule has 0 aromatic carbocycles. The molecule has 4 nitrogen and oxygen atoms in total. The van der Waals surface area contributed by atoms with Crippen LogP contribution in [-0.4, -0.2) is 44.0 Å². The van der Waals surface area contributed by atoms with Crippen LogP contribution in [0.4, 0.5) is 0 Å². The van der Waals surface area contributed by atoms with Crippen LogP contribution in [0.15, 0.2) is 0 Å². The molecule has 0 aliphatic heterocycles. The highest BCUT2D eigenvalue weighted by atomic mass is 16.1. The van der Waals surface area contributed by atoms with Gasteiger partial charge in [-0.2, -0.15) is 0 Å². The summed E-state index contributed by atoms with van der Waals surface area (Å²) >= 11 is 0. The lowest BCUT2D eigenvalue weighted by molar-refractivity contribution is -0.126. The molecule has 0 radical (unpaired) electrons. The van der Waals surface area contributed by atoms with Crippen molar-refractivity contribution in [1.82, 2.24) is 10.2 Å². The van der Waals surface area contributed by atoms with E-state index in [1.54, 1.807) is 0 Å². The number of rotatable bonds is 5. The highest BCUT2D eigenvalue weighted by Gasteiger charge is 2.29. The zero-order valence-electron chi connectivity index (χ0n) is 12.3. The molecule has 0 bridgehead atoms. The molecule has 4 heteroatoms. The molecule has 1 aliphatic rings. The maximum absolute atomic E-state index is 12.1. The molecule has 0 aromatic heterocycles. The van der Waals surface area contributed by atoms with E-state index in [9.17, 15) is 4.79 Å². The van der Waals surface area contributed by atoms with Crippen molar-refractivity contribution >= 4 is 5.91 Å². The molecular formula is C14H29N3O. The van der Waals surface area contributed by atoms with Gasteiger partial charge in [-0.05, 0) is 32.4 Å². The Kier molecular flexibility index (Phi) is 5.60. The summed E-state index contributed by atoms with van der Waals surface area (Å²) in [7, 11) is 4.11. The first-order chi connectivity index (χ1) is 8.32. The highest BCUT2D eigenvalue weighted by molar-refractivity contribution is 5.79. The van der Waals surface area contributed by atoms with Gasteiger partial charge in [0.2, 0.25) is 5.91 Å². The number of nitrogens with zero attached hydrogens (tertiary/aromatic N) is 1. The SMILES string of the molecule is CN(C)CC(C)(C)CNC(=O)C1CCCCC1N. The largest absolute Gasteiger partial charge is 0.355 e. The fourth-order valence-electron chi connectivity index (χ4n) is 2.85. The summed E-state index contributed by atoms with van der Waals surface area (Å²) in [5.74, 6) is 0.169. The zero-order valence-corrected chi connectivity index (χ0v) is 12.3. The van der Waals surface area contributed by atoms with Crippen molar-refractivity contribution in [2.24, 2.45) is 17.1 Å². The molecule has 0 aromatic rings. The van der Waals surface area contributed by atoms with Crippen LogP contribution in [0.3, 0.4) is 0 Å². The smallest absolute Gasteiger partial charge is 0.224 e. The van der Waals surface area contributed by atoms with E-state index in [4.69, 9.17) is 5.73 Å². The van der Waals surface area contributed by atoms with Gasteiger partial charge in [-0.3, -0.25) is 4.79 Å². The molecule has 2 atom stereocenters. The highest BCUT2D eigenvalue weighted by Crippen LogP contribution is 2.23. The quantitative estimate of drug-likeness (QED) is 0.776. The summed E-state index contributed by atoms with van der Waals surface area (Å²) in [5.41, 5.74) is 6.13. The molecule has 2 unspecified atom stereocenters. The Morgan fingerprint density at radius 2 is 1.94 bits per heavy atom. The van der Waals surface area contributed by atoms with Crippen LogP contribution in [-0.2, 0) is 4.79 Å². The molecule has 0 heterocycles. The minimum Gasteiger partial charge on any atom is -0.355 e. The normalized spacial score (nSPS) is 25.2. The number of nitrogens with two attached hydrogens (primary N) is 1. The Balaban J connectivity index is 2.40. The Hall–Kier alpha value is -0.610. The average Bonchev–Trinajstić information content (AvgIpc) is 2.25. The topological polar surface area (TPSA) is 58.4 Å². The summed E-state index contributed by atoms with van der Waals surface area (Å²) < 4.78 is 0. The monoisotopic (exact) mass is 255 g/mol. The molecule has 3 N–H and O–H groups in total. The number of hydrogen-bond acceptors (Lipinski definition) is 3.